The summed E-state index contributed by atoms with van der Waals surface area (Å²) in [5.74, 6) is -0.217. The Bertz CT molecular complexity index is 985. The smallest absolute Gasteiger partial charge is 0.306 e. The maximum absolute atomic E-state index is 12.2. The quantitative estimate of drug-likeness (QED) is 0.0382. The monoisotopic (exact) mass is 765 g/mol. The second kappa shape index (κ2) is 47.7. The van der Waals surface area contributed by atoms with E-state index in [2.05, 4.69) is 98.9 Å². The van der Waals surface area contributed by atoms with Crippen molar-refractivity contribution in [3.8, 4) is 0 Å². The zero-order valence-corrected chi connectivity index (χ0v) is 36.2. The van der Waals surface area contributed by atoms with Crippen LogP contribution in [0.2, 0.25) is 0 Å². The molecule has 4 heteroatoms. The summed E-state index contributed by atoms with van der Waals surface area (Å²) in [7, 11) is 0. The maximum atomic E-state index is 12.2. The first-order valence-corrected chi connectivity index (χ1v) is 23.2. The Balaban J connectivity index is 3.52. The van der Waals surface area contributed by atoms with Crippen LogP contribution < -0.4 is 0 Å². The highest BCUT2D eigenvalue weighted by molar-refractivity contribution is 5.69. The summed E-state index contributed by atoms with van der Waals surface area (Å²) in [6, 6.07) is 0. The van der Waals surface area contributed by atoms with Crippen LogP contribution in [0.4, 0.5) is 0 Å². The lowest BCUT2D eigenvalue weighted by Gasteiger charge is -2.15. The fraction of sp³-hybridized carbons (Fsp3) is 0.706. The molecule has 0 amide bonds. The predicted molar refractivity (Wildman–Crippen MR) is 242 cm³/mol. The molecule has 0 saturated carbocycles. The van der Waals surface area contributed by atoms with Gasteiger partial charge in [0.05, 0.1) is 13.2 Å². The molecule has 0 heterocycles. The van der Waals surface area contributed by atoms with Gasteiger partial charge in [0.1, 0.15) is 6.10 Å². The van der Waals surface area contributed by atoms with Crippen LogP contribution in [0.5, 0.6) is 0 Å². The van der Waals surface area contributed by atoms with Crippen molar-refractivity contribution in [2.75, 3.05) is 19.8 Å². The van der Waals surface area contributed by atoms with Crippen molar-refractivity contribution in [1.82, 2.24) is 0 Å². The normalized spacial score (nSPS) is 13.1. The Hall–Kier alpha value is -2.43. The predicted octanol–water partition coefficient (Wildman–Crippen LogP) is 15.5. The highest BCUT2D eigenvalue weighted by Crippen LogP contribution is 2.13. The summed E-state index contributed by atoms with van der Waals surface area (Å²) < 4.78 is 11.2. The maximum Gasteiger partial charge on any atom is 0.306 e. The second-order valence-electron chi connectivity index (χ2n) is 15.1. The van der Waals surface area contributed by atoms with Gasteiger partial charge in [0.25, 0.3) is 0 Å². The molecule has 1 unspecified atom stereocenters. The summed E-state index contributed by atoms with van der Waals surface area (Å²) in [6.07, 6.45) is 66.5. The van der Waals surface area contributed by atoms with Crippen LogP contribution in [0.1, 0.15) is 206 Å². The molecule has 0 fully saturated rings. The van der Waals surface area contributed by atoms with Gasteiger partial charge in [0, 0.05) is 13.0 Å². The minimum Gasteiger partial charge on any atom is -0.457 e. The van der Waals surface area contributed by atoms with Gasteiger partial charge in [0.15, 0.2) is 0 Å². The molecule has 0 aromatic carbocycles. The van der Waals surface area contributed by atoms with Gasteiger partial charge < -0.3 is 14.6 Å². The van der Waals surface area contributed by atoms with E-state index in [-0.39, 0.29) is 19.2 Å². The van der Waals surface area contributed by atoms with Crippen LogP contribution in [0, 0.1) is 0 Å². The molecule has 0 saturated heterocycles. The van der Waals surface area contributed by atoms with Gasteiger partial charge in [-0.25, -0.2) is 0 Å². The Morgan fingerprint density at radius 3 is 1.25 bits per heavy atom. The molecule has 1 N–H and O–H groups in total. The molecule has 0 rings (SSSR count). The molecule has 316 valence electrons. The van der Waals surface area contributed by atoms with E-state index in [1.54, 1.807) is 0 Å². The highest BCUT2D eigenvalue weighted by atomic mass is 16.6. The van der Waals surface area contributed by atoms with Gasteiger partial charge in [-0.2, -0.15) is 0 Å². The van der Waals surface area contributed by atoms with Crippen LogP contribution in [0.25, 0.3) is 0 Å². The molecule has 0 aromatic heterocycles. The lowest BCUT2D eigenvalue weighted by atomic mass is 10.1. The number of rotatable bonds is 42. The van der Waals surface area contributed by atoms with Crippen molar-refractivity contribution in [1.29, 1.82) is 0 Å². The van der Waals surface area contributed by atoms with Crippen LogP contribution >= 0.6 is 0 Å². The largest absolute Gasteiger partial charge is 0.457 e. The SMILES string of the molecule is CC/C=C\C/C=C\C/C=C\C/C=C\C/C=C\C/C=C\CCCCCOCC(CO)OC(=O)CCCCCCCCCCC/C=C\CCCCCCCCCC. The van der Waals surface area contributed by atoms with E-state index in [1.165, 1.54) is 109 Å². The molecule has 1 atom stereocenters. The lowest BCUT2D eigenvalue weighted by molar-refractivity contribution is -0.154. The number of aliphatic hydroxyl groups excluding tert-OH is 1. The van der Waals surface area contributed by atoms with E-state index in [0.29, 0.717) is 13.0 Å². The van der Waals surface area contributed by atoms with Crippen LogP contribution in [0.3, 0.4) is 0 Å². The molecule has 0 spiro atoms. The van der Waals surface area contributed by atoms with E-state index in [4.69, 9.17) is 9.47 Å². The molecule has 4 nitrogen and oxygen atoms in total. The Kier molecular flexibility index (Phi) is 45.6. The van der Waals surface area contributed by atoms with E-state index in [1.807, 2.05) is 0 Å². The van der Waals surface area contributed by atoms with Gasteiger partial charge >= 0.3 is 5.97 Å². The summed E-state index contributed by atoms with van der Waals surface area (Å²) >= 11 is 0. The van der Waals surface area contributed by atoms with Gasteiger partial charge in [-0.1, -0.05) is 195 Å². The van der Waals surface area contributed by atoms with E-state index in [0.717, 1.165) is 77.0 Å². The molecule has 0 radical (unpaired) electrons. The lowest BCUT2D eigenvalue weighted by Crippen LogP contribution is -2.27. The number of aliphatic hydroxyl groups is 1. The number of hydrogen-bond donors (Lipinski definition) is 1. The Morgan fingerprint density at radius 1 is 0.455 bits per heavy atom. The number of unbranched alkanes of at least 4 members (excludes halogenated alkanes) is 20. The number of carbonyl (C=O) groups excluding carboxylic acids is 1. The van der Waals surface area contributed by atoms with Crippen LogP contribution in [-0.4, -0.2) is 37.0 Å². The van der Waals surface area contributed by atoms with E-state index >= 15 is 0 Å². The van der Waals surface area contributed by atoms with Crippen LogP contribution in [-0.2, 0) is 14.3 Å². The Labute approximate surface area is 341 Å². The zero-order valence-electron chi connectivity index (χ0n) is 36.2. The molecule has 55 heavy (non-hydrogen) atoms. The number of allylic oxidation sites excluding steroid dienone is 14. The third-order valence-electron chi connectivity index (χ3n) is 9.70. The molecular weight excluding hydrogens is 677 g/mol. The molecule has 0 aliphatic carbocycles. The number of ether oxygens (including phenoxy) is 2. The topological polar surface area (TPSA) is 55.8 Å². The number of esters is 1. The minimum atomic E-state index is -0.559. The highest BCUT2D eigenvalue weighted by Gasteiger charge is 2.13. The third-order valence-corrected chi connectivity index (χ3v) is 9.70. The standard InChI is InChI=1S/C51H88O4/c1-3-5-7-9-11-13-15-17-19-21-23-25-27-29-31-33-35-37-39-41-43-45-47-54-49-50(48-52)55-51(53)46-44-42-40-38-36-34-32-30-28-26-24-22-20-18-16-14-12-10-8-6-4-2/h5,7,11,13,17,19,22-25,29,31,35,37,50,52H,3-4,6,8-10,12,14-16,18,20-21,26-28,30,32-34,36,38-49H2,1-2H3/b7-5-,13-11-,19-17-,24-22-,25-23-,31-29-,37-35-. The van der Waals surface area contributed by atoms with E-state index in [9.17, 15) is 9.90 Å². The van der Waals surface area contributed by atoms with Gasteiger partial charge in [-0.15, -0.1) is 0 Å². The first-order valence-electron chi connectivity index (χ1n) is 23.2. The van der Waals surface area contributed by atoms with Gasteiger partial charge in [-0.05, 0) is 89.9 Å². The first kappa shape index (κ1) is 52.6. The zero-order chi connectivity index (χ0) is 39.8. The summed E-state index contributed by atoms with van der Waals surface area (Å²) in [5.41, 5.74) is 0. The fourth-order valence-electron chi connectivity index (χ4n) is 6.27. The van der Waals surface area contributed by atoms with E-state index < -0.39 is 6.10 Å². The minimum absolute atomic E-state index is 0.190. The summed E-state index contributed by atoms with van der Waals surface area (Å²) in [5, 5.41) is 9.62. The Morgan fingerprint density at radius 2 is 0.818 bits per heavy atom. The molecule has 0 bridgehead atoms. The first-order chi connectivity index (χ1) is 27.2. The third kappa shape index (κ3) is 45.9. The number of hydrogen-bond acceptors (Lipinski definition) is 4. The molecular formula is C51H88O4. The van der Waals surface area contributed by atoms with Crippen molar-refractivity contribution in [2.24, 2.45) is 0 Å². The molecule has 0 aliphatic rings. The molecule has 0 aromatic rings. The fourth-order valence-corrected chi connectivity index (χ4v) is 6.27. The second-order valence-corrected chi connectivity index (χ2v) is 15.1. The summed E-state index contributed by atoms with van der Waals surface area (Å²) in [4.78, 5) is 12.2. The van der Waals surface area contributed by atoms with Crippen molar-refractivity contribution < 1.29 is 19.4 Å². The average molecular weight is 765 g/mol. The number of carbonyl (C=O) groups is 1. The van der Waals surface area contributed by atoms with Crippen molar-refractivity contribution >= 4 is 5.97 Å². The van der Waals surface area contributed by atoms with Gasteiger partial charge in [-0.3, -0.25) is 4.79 Å². The van der Waals surface area contributed by atoms with Gasteiger partial charge in [0.2, 0.25) is 0 Å². The van der Waals surface area contributed by atoms with Crippen molar-refractivity contribution in [3.63, 3.8) is 0 Å². The summed E-state index contributed by atoms with van der Waals surface area (Å²) in [6.45, 7) is 5.16. The molecule has 0 aliphatic heterocycles. The van der Waals surface area contributed by atoms with Crippen molar-refractivity contribution in [3.05, 3.63) is 85.1 Å². The van der Waals surface area contributed by atoms with Crippen molar-refractivity contribution in [2.45, 2.75) is 213 Å². The average Bonchev–Trinajstić information content (AvgIpc) is 3.19. The van der Waals surface area contributed by atoms with Crippen LogP contribution in [0.15, 0.2) is 85.1 Å².